The van der Waals surface area contributed by atoms with Crippen LogP contribution in [0.1, 0.15) is 55.1 Å². The highest BCUT2D eigenvalue weighted by atomic mass is 32.1. The Morgan fingerprint density at radius 3 is 2.78 bits per heavy atom. The van der Waals surface area contributed by atoms with E-state index < -0.39 is 5.97 Å². The fraction of sp³-hybridized carbons (Fsp3) is 0.500. The van der Waals surface area contributed by atoms with Crippen LogP contribution in [0.4, 0.5) is 11.8 Å². The third-order valence-corrected chi connectivity index (χ3v) is 5.34. The van der Waals surface area contributed by atoms with Crippen LogP contribution < -0.4 is 5.32 Å². The summed E-state index contributed by atoms with van der Waals surface area (Å²) >= 11 is 1.08. The Balaban J connectivity index is 1.93. The third-order valence-electron chi connectivity index (χ3n) is 4.33. The number of hydrogen-bond acceptors (Lipinski definition) is 8. The molecule has 9 heteroatoms. The molecule has 3 N–H and O–H groups in total. The molecule has 1 saturated carbocycles. The maximum atomic E-state index is 11.2. The van der Waals surface area contributed by atoms with Crippen molar-refractivity contribution in [2.24, 2.45) is 4.99 Å². The van der Waals surface area contributed by atoms with Gasteiger partial charge in [-0.1, -0.05) is 13.3 Å². The van der Waals surface area contributed by atoms with E-state index in [1.54, 1.807) is 6.20 Å². The molecule has 27 heavy (non-hydrogen) atoms. The first kappa shape index (κ1) is 19.4. The lowest BCUT2D eigenvalue weighted by Gasteiger charge is -2.18. The summed E-state index contributed by atoms with van der Waals surface area (Å²) < 4.78 is 0. The second-order valence-corrected chi connectivity index (χ2v) is 7.49. The molecule has 0 bridgehead atoms. The van der Waals surface area contributed by atoms with Gasteiger partial charge in [0.05, 0.1) is 17.9 Å². The fourth-order valence-electron chi connectivity index (χ4n) is 2.77. The van der Waals surface area contributed by atoms with E-state index in [0.717, 1.165) is 49.3 Å². The summed E-state index contributed by atoms with van der Waals surface area (Å²) in [6.07, 6.45) is 7.64. The molecule has 0 radical (unpaired) electrons. The number of rotatable bonds is 7. The number of carboxylic acids is 1. The van der Waals surface area contributed by atoms with E-state index in [2.05, 4.69) is 27.2 Å². The van der Waals surface area contributed by atoms with Crippen LogP contribution >= 0.6 is 11.3 Å². The first-order chi connectivity index (χ1) is 13.1. The number of aliphatic imine (C=N–C) groups is 1. The van der Waals surface area contributed by atoms with Crippen molar-refractivity contribution >= 4 is 34.8 Å². The number of anilines is 1. The summed E-state index contributed by atoms with van der Waals surface area (Å²) in [5.74, 6) is -0.0225. The second kappa shape index (κ2) is 9.01. The lowest BCUT2D eigenvalue weighted by Crippen LogP contribution is -2.17. The predicted octanol–water partition coefficient (Wildman–Crippen LogP) is 3.52. The van der Waals surface area contributed by atoms with E-state index in [1.807, 2.05) is 0 Å². The Bertz CT molecular complexity index is 826. The summed E-state index contributed by atoms with van der Waals surface area (Å²) in [6.45, 7) is 2.89. The highest BCUT2D eigenvalue weighted by Crippen LogP contribution is 2.33. The highest BCUT2D eigenvalue weighted by Gasteiger charge is 2.19. The zero-order chi connectivity index (χ0) is 19.2. The van der Waals surface area contributed by atoms with Gasteiger partial charge in [0.15, 0.2) is 5.82 Å². The van der Waals surface area contributed by atoms with Crippen LogP contribution in [0.2, 0.25) is 0 Å². The number of aromatic nitrogens is 3. The van der Waals surface area contributed by atoms with E-state index in [-0.39, 0.29) is 11.0 Å². The number of aromatic carboxylic acids is 1. The molecule has 0 aromatic carbocycles. The van der Waals surface area contributed by atoms with Gasteiger partial charge in [0.1, 0.15) is 9.88 Å². The number of hydrogen-bond donors (Lipinski definition) is 3. The van der Waals surface area contributed by atoms with Crippen LogP contribution in [0.3, 0.4) is 0 Å². The molecule has 2 aromatic rings. The average molecular weight is 389 g/mol. The largest absolute Gasteiger partial charge is 0.477 e. The predicted molar refractivity (Wildman–Crippen MR) is 105 cm³/mol. The number of carbonyl (C=O) groups is 1. The molecule has 144 valence electrons. The van der Waals surface area contributed by atoms with Crippen LogP contribution in [0, 0.1) is 0 Å². The Labute approximate surface area is 161 Å². The average Bonchev–Trinajstić information content (AvgIpc) is 3.14. The summed E-state index contributed by atoms with van der Waals surface area (Å²) in [6, 6.07) is 0. The van der Waals surface area contributed by atoms with Crippen molar-refractivity contribution in [3.8, 4) is 10.6 Å². The van der Waals surface area contributed by atoms with Crippen molar-refractivity contribution in [3.63, 3.8) is 0 Å². The van der Waals surface area contributed by atoms with Gasteiger partial charge in [-0.25, -0.2) is 19.8 Å². The van der Waals surface area contributed by atoms with Gasteiger partial charge < -0.3 is 15.5 Å². The normalized spacial score (nSPS) is 17.0. The quantitative estimate of drug-likeness (QED) is 0.620. The molecule has 2 heterocycles. The highest BCUT2D eigenvalue weighted by molar-refractivity contribution is 7.16. The van der Waals surface area contributed by atoms with Crippen LogP contribution in [-0.2, 0) is 0 Å². The Morgan fingerprint density at radius 1 is 1.33 bits per heavy atom. The van der Waals surface area contributed by atoms with Crippen LogP contribution in [-0.4, -0.2) is 49.5 Å². The fourth-order valence-corrected chi connectivity index (χ4v) is 3.53. The van der Waals surface area contributed by atoms with Crippen LogP contribution in [0.5, 0.6) is 0 Å². The van der Waals surface area contributed by atoms with E-state index in [9.17, 15) is 9.90 Å². The van der Waals surface area contributed by atoms with Crippen molar-refractivity contribution in [2.75, 3.05) is 11.9 Å². The van der Waals surface area contributed by atoms with Crippen molar-refractivity contribution < 1.29 is 15.0 Å². The first-order valence-corrected chi connectivity index (χ1v) is 9.93. The summed E-state index contributed by atoms with van der Waals surface area (Å²) in [5.41, 5.74) is 1.60. The summed E-state index contributed by atoms with van der Waals surface area (Å²) in [7, 11) is 0. The van der Waals surface area contributed by atoms with Crippen molar-refractivity contribution in [2.45, 2.75) is 51.6 Å². The molecule has 0 unspecified atom stereocenters. The minimum Gasteiger partial charge on any atom is -0.477 e. The molecule has 0 amide bonds. The standard InChI is InChI=1S/C18H23N5O3S/c1-2-3-8-19-18-21-9-13(16-20-10-14(27-16)17(25)26)15(23-18)22-11-4-6-12(24)7-5-11/h9-10,12,24H,2-8H2,1H3,(H,25,26)(H,19,21,23). The Hall–Kier alpha value is -2.39. The number of thiazole rings is 1. The topological polar surface area (TPSA) is 121 Å². The number of carboxylic acid groups (broad SMARTS) is 1. The molecule has 1 aliphatic carbocycles. The third kappa shape index (κ3) is 5.08. The Kier molecular flexibility index (Phi) is 6.46. The van der Waals surface area contributed by atoms with E-state index >= 15 is 0 Å². The molecule has 0 aliphatic heterocycles. The van der Waals surface area contributed by atoms with Crippen molar-refractivity contribution in [1.29, 1.82) is 0 Å². The summed E-state index contributed by atoms with van der Waals surface area (Å²) in [5, 5.41) is 22.6. The number of aliphatic hydroxyl groups excluding tert-OH is 1. The minimum atomic E-state index is -1.01. The SMILES string of the molecule is CCCCNc1ncc(-c2ncc(C(=O)O)s2)c(N=C2CCC(O)CC2)n1. The first-order valence-electron chi connectivity index (χ1n) is 9.11. The molecule has 0 saturated heterocycles. The Morgan fingerprint density at radius 2 is 2.11 bits per heavy atom. The maximum Gasteiger partial charge on any atom is 0.347 e. The molecule has 2 aromatic heterocycles. The summed E-state index contributed by atoms with van der Waals surface area (Å²) in [4.78, 5) is 29.1. The molecular weight excluding hydrogens is 366 g/mol. The maximum absolute atomic E-state index is 11.2. The van der Waals surface area contributed by atoms with Gasteiger partial charge in [0.25, 0.3) is 0 Å². The second-order valence-electron chi connectivity index (χ2n) is 6.46. The van der Waals surface area contributed by atoms with E-state index in [4.69, 9.17) is 10.1 Å². The van der Waals surface area contributed by atoms with Gasteiger partial charge in [-0.2, -0.15) is 4.98 Å². The zero-order valence-electron chi connectivity index (χ0n) is 15.2. The molecule has 0 atom stereocenters. The lowest BCUT2D eigenvalue weighted by molar-refractivity contribution is 0.0702. The van der Waals surface area contributed by atoms with Gasteiger partial charge >= 0.3 is 5.97 Å². The smallest absolute Gasteiger partial charge is 0.347 e. The number of nitrogens with zero attached hydrogens (tertiary/aromatic N) is 4. The zero-order valence-corrected chi connectivity index (χ0v) is 16.0. The molecular formula is C18H23N5O3S. The van der Waals surface area contributed by atoms with E-state index in [1.165, 1.54) is 6.20 Å². The molecule has 3 rings (SSSR count). The van der Waals surface area contributed by atoms with Gasteiger partial charge in [-0.05, 0) is 32.1 Å². The van der Waals surface area contributed by atoms with Gasteiger partial charge in [-0.3, -0.25) is 0 Å². The molecule has 0 spiro atoms. The van der Waals surface area contributed by atoms with Crippen LogP contribution in [0.15, 0.2) is 17.4 Å². The monoisotopic (exact) mass is 389 g/mol. The lowest BCUT2D eigenvalue weighted by atomic mass is 9.96. The van der Waals surface area contributed by atoms with Gasteiger partial charge in [-0.15, -0.1) is 11.3 Å². The van der Waals surface area contributed by atoms with Gasteiger partial charge in [0.2, 0.25) is 5.95 Å². The minimum absolute atomic E-state index is 0.162. The molecule has 8 nitrogen and oxygen atoms in total. The molecule has 1 fully saturated rings. The van der Waals surface area contributed by atoms with Gasteiger partial charge in [0, 0.05) is 18.5 Å². The van der Waals surface area contributed by atoms with E-state index in [0.29, 0.717) is 35.2 Å². The number of nitrogens with one attached hydrogen (secondary N) is 1. The number of unbranched alkanes of at least 4 members (excludes halogenated alkanes) is 1. The number of aliphatic hydroxyl groups is 1. The van der Waals surface area contributed by atoms with Crippen LogP contribution in [0.25, 0.3) is 10.6 Å². The van der Waals surface area contributed by atoms with Crippen molar-refractivity contribution in [1.82, 2.24) is 15.0 Å². The van der Waals surface area contributed by atoms with Crippen molar-refractivity contribution in [3.05, 3.63) is 17.3 Å². The molecule has 1 aliphatic rings.